The molecule has 2 aromatic carbocycles. The number of rotatable bonds is 5. The minimum atomic E-state index is -0.244. The highest BCUT2D eigenvalue weighted by Gasteiger charge is 2.25. The molecule has 164 valence electrons. The van der Waals surface area contributed by atoms with Crippen LogP contribution in [0.15, 0.2) is 60.8 Å². The Morgan fingerprint density at radius 1 is 1.09 bits per heavy atom. The molecule has 1 fully saturated rings. The zero-order chi connectivity index (χ0) is 21.9. The Balaban J connectivity index is 1.29. The number of nitrogens with one attached hydrogen (secondary N) is 1. The molecule has 0 radical (unpaired) electrons. The number of halogens is 1. The first-order valence-corrected chi connectivity index (χ1v) is 11.2. The third-order valence-electron chi connectivity index (χ3n) is 5.75. The zero-order valence-corrected chi connectivity index (χ0v) is 18.3. The van der Waals surface area contributed by atoms with Crippen LogP contribution in [0, 0.1) is 0 Å². The Bertz CT molecular complexity index is 1110. The number of ether oxygens (including phenoxy) is 2. The average Bonchev–Trinajstić information content (AvgIpc) is 3.33. The van der Waals surface area contributed by atoms with Gasteiger partial charge in [-0.25, -0.2) is 0 Å². The van der Waals surface area contributed by atoms with E-state index in [9.17, 15) is 4.79 Å². The highest BCUT2D eigenvalue weighted by atomic mass is 35.5. The van der Waals surface area contributed by atoms with E-state index in [1.54, 1.807) is 36.5 Å². The Morgan fingerprint density at radius 2 is 1.91 bits per heavy atom. The minimum Gasteiger partial charge on any atom is -0.486 e. The maximum atomic E-state index is 13.0. The fraction of sp³-hybridized carbons (Fsp3) is 0.280. The van der Waals surface area contributed by atoms with Crippen molar-refractivity contribution in [3.63, 3.8) is 0 Å². The second-order valence-corrected chi connectivity index (χ2v) is 8.52. The summed E-state index contributed by atoms with van der Waals surface area (Å²) >= 11 is 5.99. The number of pyridine rings is 1. The molecule has 1 unspecified atom stereocenters. The molecular formula is C25H24ClN3O3. The minimum absolute atomic E-state index is 0.0263. The number of likely N-dealkylation sites (tertiary alicyclic amines) is 1. The standard InChI is InChI=1S/C25H24ClN3O3/c26-18-7-5-17(6-8-18)24-21(4-3-11-27-24)25(30)28-19-9-10-22-23(14-19)31-16-20(32-22)15-29-12-1-2-13-29/h3-11,14,20H,1-2,12-13,15-16H2,(H,28,30). The number of benzene rings is 2. The summed E-state index contributed by atoms with van der Waals surface area (Å²) in [5.74, 6) is 1.11. The van der Waals surface area contributed by atoms with Crippen LogP contribution in [0.2, 0.25) is 5.02 Å². The summed E-state index contributed by atoms with van der Waals surface area (Å²) in [5, 5.41) is 3.58. The number of nitrogens with zero attached hydrogens (tertiary/aromatic N) is 2. The summed E-state index contributed by atoms with van der Waals surface area (Å²) in [6, 6.07) is 16.3. The van der Waals surface area contributed by atoms with Crippen LogP contribution in [0.3, 0.4) is 0 Å². The molecule has 6 nitrogen and oxygen atoms in total. The van der Waals surface area contributed by atoms with Gasteiger partial charge in [-0.3, -0.25) is 14.7 Å². The maximum absolute atomic E-state index is 13.0. The molecule has 0 spiro atoms. The van der Waals surface area contributed by atoms with Gasteiger partial charge in [0.25, 0.3) is 5.91 Å². The van der Waals surface area contributed by atoms with E-state index in [1.807, 2.05) is 24.3 Å². The Labute approximate surface area is 192 Å². The SMILES string of the molecule is O=C(Nc1ccc2c(c1)OCC(CN1CCCC1)O2)c1cccnc1-c1ccc(Cl)cc1. The van der Waals surface area contributed by atoms with Gasteiger partial charge in [-0.05, 0) is 62.3 Å². The fourth-order valence-corrected chi connectivity index (χ4v) is 4.29. The lowest BCUT2D eigenvalue weighted by Gasteiger charge is -2.29. The van der Waals surface area contributed by atoms with Crippen LogP contribution in [0.4, 0.5) is 5.69 Å². The first kappa shape index (κ1) is 20.8. The molecule has 1 saturated heterocycles. The molecule has 5 rings (SSSR count). The lowest BCUT2D eigenvalue weighted by molar-refractivity contribution is 0.0651. The van der Waals surface area contributed by atoms with E-state index in [0.717, 1.165) is 25.2 Å². The van der Waals surface area contributed by atoms with E-state index >= 15 is 0 Å². The van der Waals surface area contributed by atoms with Gasteiger partial charge in [0.1, 0.15) is 12.7 Å². The number of carbonyl (C=O) groups excluding carboxylic acids is 1. The largest absolute Gasteiger partial charge is 0.486 e. The second kappa shape index (κ2) is 9.18. The van der Waals surface area contributed by atoms with Crippen molar-refractivity contribution in [1.82, 2.24) is 9.88 Å². The van der Waals surface area contributed by atoms with Gasteiger partial charge in [0.15, 0.2) is 11.5 Å². The number of amides is 1. The van der Waals surface area contributed by atoms with Crippen molar-refractivity contribution in [2.75, 3.05) is 31.6 Å². The molecular weight excluding hydrogens is 426 g/mol. The van der Waals surface area contributed by atoms with E-state index < -0.39 is 0 Å². The summed E-state index contributed by atoms with van der Waals surface area (Å²) in [4.78, 5) is 19.9. The van der Waals surface area contributed by atoms with Crippen molar-refractivity contribution in [2.24, 2.45) is 0 Å². The van der Waals surface area contributed by atoms with E-state index in [1.165, 1.54) is 12.8 Å². The van der Waals surface area contributed by atoms with Crippen LogP contribution in [0.1, 0.15) is 23.2 Å². The average molecular weight is 450 g/mol. The van der Waals surface area contributed by atoms with Crippen molar-refractivity contribution in [2.45, 2.75) is 18.9 Å². The number of aromatic nitrogens is 1. The molecule has 1 N–H and O–H groups in total. The summed E-state index contributed by atoms with van der Waals surface area (Å²) in [7, 11) is 0. The fourth-order valence-electron chi connectivity index (χ4n) is 4.16. The van der Waals surface area contributed by atoms with Crippen molar-refractivity contribution in [3.05, 3.63) is 71.4 Å². The van der Waals surface area contributed by atoms with Gasteiger partial charge in [-0.15, -0.1) is 0 Å². The molecule has 0 bridgehead atoms. The lowest BCUT2D eigenvalue weighted by Crippen LogP contribution is -2.39. The van der Waals surface area contributed by atoms with Gasteiger partial charge in [0.05, 0.1) is 11.3 Å². The van der Waals surface area contributed by atoms with E-state index in [2.05, 4.69) is 15.2 Å². The third kappa shape index (κ3) is 4.56. The Morgan fingerprint density at radius 3 is 2.72 bits per heavy atom. The molecule has 0 aliphatic carbocycles. The van der Waals surface area contributed by atoms with E-state index in [4.69, 9.17) is 21.1 Å². The number of hydrogen-bond acceptors (Lipinski definition) is 5. The van der Waals surface area contributed by atoms with Crippen LogP contribution < -0.4 is 14.8 Å². The van der Waals surface area contributed by atoms with Crippen LogP contribution in [0.25, 0.3) is 11.3 Å². The van der Waals surface area contributed by atoms with Crippen LogP contribution >= 0.6 is 11.6 Å². The third-order valence-corrected chi connectivity index (χ3v) is 6.00. The normalized spacial score (nSPS) is 17.8. The number of hydrogen-bond donors (Lipinski definition) is 1. The van der Waals surface area contributed by atoms with Crippen molar-refractivity contribution < 1.29 is 14.3 Å². The maximum Gasteiger partial charge on any atom is 0.257 e. The highest BCUT2D eigenvalue weighted by molar-refractivity contribution is 6.30. The molecule has 32 heavy (non-hydrogen) atoms. The molecule has 3 heterocycles. The molecule has 0 saturated carbocycles. The molecule has 3 aromatic rings. The highest BCUT2D eigenvalue weighted by Crippen LogP contribution is 2.35. The Kier molecular flexibility index (Phi) is 5.97. The predicted molar refractivity (Wildman–Crippen MR) is 125 cm³/mol. The molecule has 2 aliphatic heterocycles. The van der Waals surface area contributed by atoms with Crippen molar-refractivity contribution in [1.29, 1.82) is 0 Å². The number of fused-ring (bicyclic) bond motifs is 1. The van der Waals surface area contributed by atoms with Crippen LogP contribution in [-0.4, -0.2) is 48.1 Å². The number of carbonyl (C=O) groups is 1. The first-order valence-electron chi connectivity index (χ1n) is 10.8. The molecule has 7 heteroatoms. The Hall–Kier alpha value is -3.09. The number of anilines is 1. The quantitative estimate of drug-likeness (QED) is 0.600. The monoisotopic (exact) mass is 449 g/mol. The summed E-state index contributed by atoms with van der Waals surface area (Å²) in [6.45, 7) is 3.64. The van der Waals surface area contributed by atoms with Crippen molar-refractivity contribution in [3.8, 4) is 22.8 Å². The summed E-state index contributed by atoms with van der Waals surface area (Å²) in [5.41, 5.74) is 2.55. The first-order chi connectivity index (χ1) is 15.7. The molecule has 2 aliphatic rings. The molecule has 1 atom stereocenters. The van der Waals surface area contributed by atoms with E-state index in [0.29, 0.717) is 40.1 Å². The molecule has 1 aromatic heterocycles. The van der Waals surface area contributed by atoms with Gasteiger partial charge >= 0.3 is 0 Å². The topological polar surface area (TPSA) is 63.7 Å². The zero-order valence-electron chi connectivity index (χ0n) is 17.6. The van der Waals surface area contributed by atoms with E-state index in [-0.39, 0.29) is 12.0 Å². The van der Waals surface area contributed by atoms with Crippen LogP contribution in [0.5, 0.6) is 11.5 Å². The van der Waals surface area contributed by atoms with Crippen LogP contribution in [-0.2, 0) is 0 Å². The van der Waals surface area contributed by atoms with Gasteiger partial charge in [0, 0.05) is 35.1 Å². The van der Waals surface area contributed by atoms with Crippen molar-refractivity contribution >= 4 is 23.2 Å². The summed E-state index contributed by atoms with van der Waals surface area (Å²) < 4.78 is 12.1. The lowest BCUT2D eigenvalue weighted by atomic mass is 10.1. The van der Waals surface area contributed by atoms with Gasteiger partial charge in [0.2, 0.25) is 0 Å². The molecule has 1 amide bonds. The summed E-state index contributed by atoms with van der Waals surface area (Å²) in [6.07, 6.45) is 4.20. The van der Waals surface area contributed by atoms with Gasteiger partial charge in [-0.2, -0.15) is 0 Å². The second-order valence-electron chi connectivity index (χ2n) is 8.08. The predicted octanol–water partition coefficient (Wildman–Crippen LogP) is 4.89. The van der Waals surface area contributed by atoms with Gasteiger partial charge in [-0.1, -0.05) is 23.7 Å². The van der Waals surface area contributed by atoms with Gasteiger partial charge < -0.3 is 14.8 Å². The smallest absolute Gasteiger partial charge is 0.257 e.